The van der Waals surface area contributed by atoms with E-state index < -0.39 is 0 Å². The molecule has 0 unspecified atom stereocenters. The molecule has 0 spiro atoms. The standard InChI is InChI=1S/C13H19N5/c1-5-11-6-12(14-4)17-13(16-11)10-7-15-18(8-10)9(2)3/h6-9H,5H2,1-4H3,(H,14,16,17). The zero-order valence-electron chi connectivity index (χ0n) is 11.3. The van der Waals surface area contributed by atoms with E-state index in [0.29, 0.717) is 6.04 Å². The minimum absolute atomic E-state index is 0.344. The van der Waals surface area contributed by atoms with Crippen molar-refractivity contribution in [2.45, 2.75) is 33.2 Å². The van der Waals surface area contributed by atoms with Crippen molar-refractivity contribution >= 4 is 5.82 Å². The van der Waals surface area contributed by atoms with Gasteiger partial charge < -0.3 is 5.32 Å². The van der Waals surface area contributed by atoms with Crippen LogP contribution in [0.2, 0.25) is 0 Å². The minimum atomic E-state index is 0.344. The highest BCUT2D eigenvalue weighted by molar-refractivity contribution is 5.55. The van der Waals surface area contributed by atoms with Crippen LogP contribution in [0.3, 0.4) is 0 Å². The van der Waals surface area contributed by atoms with Crippen molar-refractivity contribution in [3.05, 3.63) is 24.2 Å². The van der Waals surface area contributed by atoms with Crippen LogP contribution in [0.15, 0.2) is 18.5 Å². The van der Waals surface area contributed by atoms with E-state index in [0.717, 1.165) is 29.3 Å². The van der Waals surface area contributed by atoms with Crippen LogP contribution in [-0.2, 0) is 6.42 Å². The predicted molar refractivity (Wildman–Crippen MR) is 72.6 cm³/mol. The van der Waals surface area contributed by atoms with Gasteiger partial charge in [0.15, 0.2) is 5.82 Å². The third-order valence-corrected chi connectivity index (χ3v) is 2.79. The van der Waals surface area contributed by atoms with Gasteiger partial charge in [0.1, 0.15) is 5.82 Å². The summed E-state index contributed by atoms with van der Waals surface area (Å²) in [6, 6.07) is 2.31. The van der Waals surface area contributed by atoms with Gasteiger partial charge in [0.25, 0.3) is 0 Å². The van der Waals surface area contributed by atoms with Gasteiger partial charge in [-0.2, -0.15) is 5.10 Å². The highest BCUT2D eigenvalue weighted by atomic mass is 15.3. The number of aryl methyl sites for hydroxylation is 1. The van der Waals surface area contributed by atoms with Crippen molar-refractivity contribution in [2.24, 2.45) is 0 Å². The average Bonchev–Trinajstić information content (AvgIpc) is 2.87. The molecule has 2 heterocycles. The fourth-order valence-corrected chi connectivity index (χ4v) is 1.67. The van der Waals surface area contributed by atoms with Crippen molar-refractivity contribution in [3.63, 3.8) is 0 Å². The summed E-state index contributed by atoms with van der Waals surface area (Å²) in [5, 5.41) is 7.38. The first-order valence-corrected chi connectivity index (χ1v) is 6.24. The molecular weight excluding hydrogens is 226 g/mol. The van der Waals surface area contributed by atoms with Crippen LogP contribution in [0.1, 0.15) is 32.5 Å². The topological polar surface area (TPSA) is 55.6 Å². The Morgan fingerprint density at radius 1 is 1.33 bits per heavy atom. The summed E-state index contributed by atoms with van der Waals surface area (Å²) in [7, 11) is 1.86. The molecule has 0 aromatic carbocycles. The summed E-state index contributed by atoms with van der Waals surface area (Å²) in [5.41, 5.74) is 1.98. The molecule has 1 N–H and O–H groups in total. The van der Waals surface area contributed by atoms with Crippen LogP contribution in [0.5, 0.6) is 0 Å². The maximum atomic E-state index is 4.54. The fraction of sp³-hybridized carbons (Fsp3) is 0.462. The molecule has 5 nitrogen and oxygen atoms in total. The molecule has 96 valence electrons. The van der Waals surface area contributed by atoms with Gasteiger partial charge in [-0.25, -0.2) is 9.97 Å². The summed E-state index contributed by atoms with van der Waals surface area (Å²) in [5.74, 6) is 1.57. The van der Waals surface area contributed by atoms with Gasteiger partial charge >= 0.3 is 0 Å². The molecule has 2 rings (SSSR count). The number of aromatic nitrogens is 4. The number of hydrogen-bond acceptors (Lipinski definition) is 4. The van der Waals surface area contributed by atoms with Gasteiger partial charge in [0, 0.05) is 31.0 Å². The maximum absolute atomic E-state index is 4.54. The van der Waals surface area contributed by atoms with E-state index in [4.69, 9.17) is 0 Å². The minimum Gasteiger partial charge on any atom is -0.373 e. The van der Waals surface area contributed by atoms with Gasteiger partial charge in [-0.05, 0) is 20.3 Å². The lowest BCUT2D eigenvalue weighted by atomic mass is 10.2. The zero-order chi connectivity index (χ0) is 13.1. The molecule has 0 amide bonds. The molecule has 0 saturated heterocycles. The van der Waals surface area contributed by atoms with Crippen LogP contribution in [0.25, 0.3) is 11.4 Å². The van der Waals surface area contributed by atoms with Gasteiger partial charge in [-0.3, -0.25) is 4.68 Å². The van der Waals surface area contributed by atoms with Gasteiger partial charge in [-0.15, -0.1) is 0 Å². The summed E-state index contributed by atoms with van der Waals surface area (Å²) >= 11 is 0. The third kappa shape index (κ3) is 2.50. The highest BCUT2D eigenvalue weighted by Crippen LogP contribution is 2.18. The summed E-state index contributed by atoms with van der Waals surface area (Å²) in [6.07, 6.45) is 4.69. The predicted octanol–water partition coefficient (Wildman–Crippen LogP) is 2.53. The van der Waals surface area contributed by atoms with E-state index in [2.05, 4.69) is 41.2 Å². The van der Waals surface area contributed by atoms with Gasteiger partial charge in [0.05, 0.1) is 11.8 Å². The molecule has 0 aliphatic rings. The van der Waals surface area contributed by atoms with Crippen LogP contribution in [0, 0.1) is 0 Å². The van der Waals surface area contributed by atoms with Crippen LogP contribution >= 0.6 is 0 Å². The van der Waals surface area contributed by atoms with Gasteiger partial charge in [0.2, 0.25) is 0 Å². The molecular formula is C13H19N5. The first-order valence-electron chi connectivity index (χ1n) is 6.24. The number of rotatable bonds is 4. The molecule has 0 fully saturated rings. The Labute approximate surface area is 107 Å². The van der Waals surface area contributed by atoms with Crippen molar-refractivity contribution in [2.75, 3.05) is 12.4 Å². The highest BCUT2D eigenvalue weighted by Gasteiger charge is 2.09. The Bertz CT molecular complexity index is 508. The Balaban J connectivity index is 2.42. The maximum Gasteiger partial charge on any atom is 0.164 e. The van der Waals surface area contributed by atoms with Crippen LogP contribution in [0.4, 0.5) is 5.82 Å². The zero-order valence-corrected chi connectivity index (χ0v) is 11.3. The quantitative estimate of drug-likeness (QED) is 0.899. The SMILES string of the molecule is CCc1cc(NC)nc(-c2cnn(C(C)C)c2)n1. The second-order valence-electron chi connectivity index (χ2n) is 4.47. The van der Waals surface area contributed by atoms with E-state index in [1.165, 1.54) is 0 Å². The Kier molecular flexibility index (Phi) is 3.60. The Hall–Kier alpha value is -1.91. The molecule has 5 heteroatoms. The molecule has 0 saturated carbocycles. The summed E-state index contributed by atoms with van der Waals surface area (Å²) in [4.78, 5) is 9.01. The smallest absolute Gasteiger partial charge is 0.164 e. The normalized spacial score (nSPS) is 10.9. The molecule has 0 aliphatic heterocycles. The molecule has 0 radical (unpaired) electrons. The van der Waals surface area contributed by atoms with E-state index in [9.17, 15) is 0 Å². The van der Waals surface area contributed by atoms with Crippen molar-refractivity contribution < 1.29 is 0 Å². The lowest BCUT2D eigenvalue weighted by molar-refractivity contribution is 0.532. The average molecular weight is 245 g/mol. The molecule has 0 bridgehead atoms. The molecule has 2 aromatic rings. The van der Waals surface area contributed by atoms with E-state index in [1.54, 1.807) is 0 Å². The second-order valence-corrected chi connectivity index (χ2v) is 4.47. The first-order chi connectivity index (χ1) is 8.63. The molecule has 0 aliphatic carbocycles. The van der Waals surface area contributed by atoms with Crippen LogP contribution < -0.4 is 5.32 Å². The second kappa shape index (κ2) is 5.16. The third-order valence-electron chi connectivity index (χ3n) is 2.79. The number of hydrogen-bond donors (Lipinski definition) is 1. The number of nitrogens with zero attached hydrogens (tertiary/aromatic N) is 4. The summed E-state index contributed by atoms with van der Waals surface area (Å²) in [6.45, 7) is 6.28. The summed E-state index contributed by atoms with van der Waals surface area (Å²) < 4.78 is 1.91. The van der Waals surface area contributed by atoms with E-state index >= 15 is 0 Å². The first kappa shape index (κ1) is 12.5. The Morgan fingerprint density at radius 3 is 2.67 bits per heavy atom. The molecule has 18 heavy (non-hydrogen) atoms. The van der Waals surface area contributed by atoms with Crippen LogP contribution in [-0.4, -0.2) is 26.8 Å². The number of nitrogens with one attached hydrogen (secondary N) is 1. The van der Waals surface area contributed by atoms with E-state index in [1.807, 2.05) is 30.2 Å². The largest absolute Gasteiger partial charge is 0.373 e. The van der Waals surface area contributed by atoms with Crippen molar-refractivity contribution in [1.82, 2.24) is 19.7 Å². The van der Waals surface area contributed by atoms with Gasteiger partial charge in [-0.1, -0.05) is 6.92 Å². The molecule has 2 aromatic heterocycles. The lowest BCUT2D eigenvalue weighted by Crippen LogP contribution is -2.01. The molecule has 0 atom stereocenters. The lowest BCUT2D eigenvalue weighted by Gasteiger charge is -2.05. The monoisotopic (exact) mass is 245 g/mol. The number of anilines is 1. The fourth-order valence-electron chi connectivity index (χ4n) is 1.67. The van der Waals surface area contributed by atoms with E-state index in [-0.39, 0.29) is 0 Å². The Morgan fingerprint density at radius 2 is 2.11 bits per heavy atom. The van der Waals surface area contributed by atoms with Crippen molar-refractivity contribution in [1.29, 1.82) is 0 Å². The van der Waals surface area contributed by atoms with Crippen molar-refractivity contribution in [3.8, 4) is 11.4 Å².